The molecule has 1 aromatic carbocycles. The SMILES string of the molecule is COC(=O)N1CCC(CNS(=O)(=O)c2cccc(C)c2)CC1. The Kier molecular flexibility index (Phi) is 5.42. The van der Waals surface area contributed by atoms with Crippen LogP contribution in [0.2, 0.25) is 0 Å². The molecule has 0 atom stereocenters. The number of amides is 1. The van der Waals surface area contributed by atoms with Gasteiger partial charge in [0.15, 0.2) is 0 Å². The summed E-state index contributed by atoms with van der Waals surface area (Å²) in [6.45, 7) is 3.46. The Morgan fingerprint density at radius 3 is 2.64 bits per heavy atom. The number of sulfonamides is 1. The Morgan fingerprint density at radius 2 is 2.05 bits per heavy atom. The lowest BCUT2D eigenvalue weighted by Gasteiger charge is -2.30. The van der Waals surface area contributed by atoms with Crippen molar-refractivity contribution in [2.24, 2.45) is 5.92 Å². The minimum absolute atomic E-state index is 0.237. The molecule has 122 valence electrons. The number of nitrogens with zero attached hydrogens (tertiary/aromatic N) is 1. The number of likely N-dealkylation sites (tertiary alicyclic amines) is 1. The molecule has 0 saturated carbocycles. The zero-order valence-corrected chi connectivity index (χ0v) is 13.7. The molecule has 0 aliphatic carbocycles. The van der Waals surface area contributed by atoms with Crippen molar-refractivity contribution in [3.8, 4) is 0 Å². The summed E-state index contributed by atoms with van der Waals surface area (Å²) in [4.78, 5) is 13.3. The van der Waals surface area contributed by atoms with Crippen molar-refractivity contribution in [3.63, 3.8) is 0 Å². The molecule has 1 aliphatic heterocycles. The van der Waals surface area contributed by atoms with Crippen molar-refractivity contribution >= 4 is 16.1 Å². The number of methoxy groups -OCH3 is 1. The summed E-state index contributed by atoms with van der Waals surface area (Å²) in [6, 6.07) is 6.84. The molecule has 1 heterocycles. The van der Waals surface area contributed by atoms with E-state index >= 15 is 0 Å². The van der Waals surface area contributed by atoms with Crippen LogP contribution in [-0.2, 0) is 14.8 Å². The summed E-state index contributed by atoms with van der Waals surface area (Å²) in [6.07, 6.45) is 1.22. The highest BCUT2D eigenvalue weighted by Crippen LogP contribution is 2.18. The molecule has 0 radical (unpaired) electrons. The standard InChI is InChI=1S/C15H22N2O4S/c1-12-4-3-5-14(10-12)22(19,20)16-11-13-6-8-17(9-7-13)15(18)21-2/h3-5,10,13,16H,6-9,11H2,1-2H3. The van der Waals surface area contributed by atoms with E-state index < -0.39 is 10.0 Å². The second-order valence-corrected chi connectivity index (χ2v) is 7.34. The van der Waals surface area contributed by atoms with E-state index in [-0.39, 0.29) is 12.0 Å². The van der Waals surface area contributed by atoms with Gasteiger partial charge in [-0.1, -0.05) is 12.1 Å². The third-order valence-corrected chi connectivity index (χ3v) is 5.33. The lowest BCUT2D eigenvalue weighted by molar-refractivity contribution is 0.106. The first kappa shape index (κ1) is 16.8. The largest absolute Gasteiger partial charge is 0.453 e. The van der Waals surface area contributed by atoms with Gasteiger partial charge in [-0.25, -0.2) is 17.9 Å². The van der Waals surface area contributed by atoms with Crippen LogP contribution >= 0.6 is 0 Å². The summed E-state index contributed by atoms with van der Waals surface area (Å²) in [5.41, 5.74) is 0.911. The highest BCUT2D eigenvalue weighted by molar-refractivity contribution is 7.89. The van der Waals surface area contributed by atoms with Crippen molar-refractivity contribution in [3.05, 3.63) is 29.8 Å². The van der Waals surface area contributed by atoms with E-state index in [1.54, 1.807) is 23.1 Å². The van der Waals surface area contributed by atoms with Crippen molar-refractivity contribution in [2.75, 3.05) is 26.7 Å². The van der Waals surface area contributed by atoms with Crippen molar-refractivity contribution in [1.82, 2.24) is 9.62 Å². The number of hydrogen-bond donors (Lipinski definition) is 1. The monoisotopic (exact) mass is 326 g/mol. The summed E-state index contributed by atoms with van der Waals surface area (Å²) in [5, 5.41) is 0. The van der Waals surface area contributed by atoms with Crippen LogP contribution in [0.5, 0.6) is 0 Å². The van der Waals surface area contributed by atoms with E-state index in [1.807, 2.05) is 13.0 Å². The number of ether oxygens (including phenoxy) is 1. The Morgan fingerprint density at radius 1 is 1.36 bits per heavy atom. The highest BCUT2D eigenvalue weighted by Gasteiger charge is 2.24. The van der Waals surface area contributed by atoms with E-state index in [9.17, 15) is 13.2 Å². The zero-order chi connectivity index (χ0) is 16.2. The van der Waals surface area contributed by atoms with Gasteiger partial charge in [0.25, 0.3) is 0 Å². The molecule has 0 bridgehead atoms. The Hall–Kier alpha value is -1.60. The van der Waals surface area contributed by atoms with Crippen molar-refractivity contribution < 1.29 is 17.9 Å². The average molecular weight is 326 g/mol. The van der Waals surface area contributed by atoms with Crippen LogP contribution in [0.1, 0.15) is 18.4 Å². The van der Waals surface area contributed by atoms with E-state index in [1.165, 1.54) is 7.11 Å². The van der Waals surface area contributed by atoms with Crippen LogP contribution in [0.3, 0.4) is 0 Å². The number of carbonyl (C=O) groups excluding carboxylic acids is 1. The Bertz CT molecular complexity index is 622. The third-order valence-electron chi connectivity index (χ3n) is 3.91. The molecule has 0 aromatic heterocycles. The van der Waals surface area contributed by atoms with Gasteiger partial charge in [0.1, 0.15) is 0 Å². The maximum absolute atomic E-state index is 12.3. The zero-order valence-electron chi connectivity index (χ0n) is 12.9. The van der Waals surface area contributed by atoms with Gasteiger partial charge in [-0.3, -0.25) is 0 Å². The van der Waals surface area contributed by atoms with Gasteiger partial charge in [0.05, 0.1) is 12.0 Å². The van der Waals surface area contributed by atoms with E-state index in [2.05, 4.69) is 9.46 Å². The fraction of sp³-hybridized carbons (Fsp3) is 0.533. The second kappa shape index (κ2) is 7.11. The normalized spacial score (nSPS) is 16.5. The van der Waals surface area contributed by atoms with Crippen molar-refractivity contribution in [1.29, 1.82) is 0 Å². The van der Waals surface area contributed by atoms with Gasteiger partial charge in [0.2, 0.25) is 10.0 Å². The molecule has 1 fully saturated rings. The molecule has 1 amide bonds. The summed E-state index contributed by atoms with van der Waals surface area (Å²) in [7, 11) is -2.11. The number of piperidine rings is 1. The summed E-state index contributed by atoms with van der Waals surface area (Å²) < 4.78 is 31.9. The topological polar surface area (TPSA) is 75.7 Å². The number of aryl methyl sites for hydroxylation is 1. The number of nitrogens with one attached hydrogen (secondary N) is 1. The van der Waals surface area contributed by atoms with Gasteiger partial charge >= 0.3 is 6.09 Å². The smallest absolute Gasteiger partial charge is 0.409 e. The van der Waals surface area contributed by atoms with Crippen LogP contribution in [0.15, 0.2) is 29.2 Å². The number of benzene rings is 1. The Balaban J connectivity index is 1.87. The van der Waals surface area contributed by atoms with E-state index in [4.69, 9.17) is 0 Å². The summed E-state index contributed by atoms with van der Waals surface area (Å²) in [5.74, 6) is 0.237. The maximum Gasteiger partial charge on any atom is 0.409 e. The van der Waals surface area contributed by atoms with Gasteiger partial charge in [-0.15, -0.1) is 0 Å². The molecular formula is C15H22N2O4S. The van der Waals surface area contributed by atoms with Gasteiger partial charge in [-0.2, -0.15) is 0 Å². The van der Waals surface area contributed by atoms with Gasteiger partial charge in [-0.05, 0) is 43.4 Å². The first-order valence-corrected chi connectivity index (χ1v) is 8.80. The number of carbonyl (C=O) groups is 1. The molecule has 0 spiro atoms. The van der Waals surface area contributed by atoms with Gasteiger partial charge in [0, 0.05) is 19.6 Å². The van der Waals surface area contributed by atoms with Gasteiger partial charge < -0.3 is 9.64 Å². The van der Waals surface area contributed by atoms with Crippen LogP contribution in [-0.4, -0.2) is 46.2 Å². The fourth-order valence-corrected chi connectivity index (χ4v) is 3.76. The lowest BCUT2D eigenvalue weighted by Crippen LogP contribution is -2.41. The minimum Gasteiger partial charge on any atom is -0.453 e. The average Bonchev–Trinajstić information content (AvgIpc) is 2.53. The highest BCUT2D eigenvalue weighted by atomic mass is 32.2. The molecular weight excluding hydrogens is 304 g/mol. The first-order chi connectivity index (χ1) is 10.4. The molecule has 7 heteroatoms. The van der Waals surface area contributed by atoms with Crippen LogP contribution in [0.4, 0.5) is 4.79 Å². The molecule has 1 N–H and O–H groups in total. The maximum atomic E-state index is 12.3. The Labute approximate surface area is 131 Å². The number of rotatable bonds is 4. The van der Waals surface area contributed by atoms with Crippen LogP contribution in [0, 0.1) is 12.8 Å². The molecule has 1 aromatic rings. The third kappa shape index (κ3) is 4.20. The quantitative estimate of drug-likeness (QED) is 0.914. The lowest BCUT2D eigenvalue weighted by atomic mass is 9.97. The molecule has 1 saturated heterocycles. The molecule has 6 nitrogen and oxygen atoms in total. The molecule has 1 aliphatic rings. The summed E-state index contributed by atoms with van der Waals surface area (Å²) >= 11 is 0. The van der Waals surface area contributed by atoms with Crippen LogP contribution in [0.25, 0.3) is 0 Å². The van der Waals surface area contributed by atoms with Crippen molar-refractivity contribution in [2.45, 2.75) is 24.7 Å². The fourth-order valence-electron chi connectivity index (χ4n) is 2.54. The van der Waals surface area contributed by atoms with E-state index in [0.29, 0.717) is 24.5 Å². The van der Waals surface area contributed by atoms with Crippen LogP contribution < -0.4 is 4.72 Å². The predicted molar refractivity (Wildman–Crippen MR) is 83.1 cm³/mol. The molecule has 0 unspecified atom stereocenters. The molecule has 22 heavy (non-hydrogen) atoms. The van der Waals surface area contributed by atoms with E-state index in [0.717, 1.165) is 18.4 Å². The first-order valence-electron chi connectivity index (χ1n) is 7.31. The molecule has 2 rings (SSSR count). The number of hydrogen-bond acceptors (Lipinski definition) is 4. The minimum atomic E-state index is -3.47. The second-order valence-electron chi connectivity index (χ2n) is 5.57. The predicted octanol–water partition coefficient (Wildman–Crippen LogP) is 1.75.